The Balaban J connectivity index is 4.03. The summed E-state index contributed by atoms with van der Waals surface area (Å²) in [6.45, 7) is 11.5. The van der Waals surface area contributed by atoms with Crippen LogP contribution >= 0.6 is 0 Å². The molecule has 0 aromatic rings. The lowest BCUT2D eigenvalue weighted by atomic mass is 10.2. The maximum Gasteiger partial charge on any atom is 0.352 e. The standard InChI is InChI=1S/C12H23NO2/c1-5-8-11(4)12(14)15-13(9-6-2)10-7-3/h4-10H2,1-3H3. The highest BCUT2D eigenvalue weighted by Crippen LogP contribution is 2.06. The molecule has 3 heteroatoms. The zero-order valence-corrected chi connectivity index (χ0v) is 10.2. The Hall–Kier alpha value is -0.830. The van der Waals surface area contributed by atoms with Crippen LogP contribution in [-0.4, -0.2) is 24.1 Å². The van der Waals surface area contributed by atoms with Gasteiger partial charge >= 0.3 is 5.97 Å². The predicted molar refractivity (Wildman–Crippen MR) is 62.3 cm³/mol. The van der Waals surface area contributed by atoms with Crippen molar-refractivity contribution in [1.29, 1.82) is 0 Å². The summed E-state index contributed by atoms with van der Waals surface area (Å²) < 4.78 is 0. The van der Waals surface area contributed by atoms with Crippen LogP contribution in [0.25, 0.3) is 0 Å². The topological polar surface area (TPSA) is 29.5 Å². The highest BCUT2D eigenvalue weighted by atomic mass is 16.7. The van der Waals surface area contributed by atoms with Gasteiger partial charge < -0.3 is 4.84 Å². The van der Waals surface area contributed by atoms with E-state index in [1.165, 1.54) is 0 Å². The van der Waals surface area contributed by atoms with Crippen LogP contribution < -0.4 is 0 Å². The summed E-state index contributed by atoms with van der Waals surface area (Å²) in [5, 5.41) is 1.73. The summed E-state index contributed by atoms with van der Waals surface area (Å²) in [7, 11) is 0. The summed E-state index contributed by atoms with van der Waals surface area (Å²) in [5.74, 6) is -0.279. The molecule has 0 atom stereocenters. The lowest BCUT2D eigenvalue weighted by molar-refractivity contribution is -0.185. The summed E-state index contributed by atoms with van der Waals surface area (Å²) in [6, 6.07) is 0. The fraction of sp³-hybridized carbons (Fsp3) is 0.750. The Morgan fingerprint density at radius 3 is 2.07 bits per heavy atom. The minimum absolute atomic E-state index is 0.279. The van der Waals surface area contributed by atoms with Crippen molar-refractivity contribution in [2.24, 2.45) is 0 Å². The van der Waals surface area contributed by atoms with Gasteiger partial charge in [0.05, 0.1) is 0 Å². The van der Waals surface area contributed by atoms with Crippen molar-refractivity contribution in [3.63, 3.8) is 0 Å². The van der Waals surface area contributed by atoms with E-state index in [4.69, 9.17) is 4.84 Å². The Morgan fingerprint density at radius 2 is 1.67 bits per heavy atom. The van der Waals surface area contributed by atoms with Crippen molar-refractivity contribution >= 4 is 5.97 Å². The number of hydrogen-bond acceptors (Lipinski definition) is 3. The van der Waals surface area contributed by atoms with E-state index in [1.54, 1.807) is 5.06 Å². The molecule has 88 valence electrons. The molecule has 0 aromatic carbocycles. The molecule has 0 saturated heterocycles. The van der Waals surface area contributed by atoms with E-state index < -0.39 is 0 Å². The van der Waals surface area contributed by atoms with Gasteiger partial charge in [0.1, 0.15) is 0 Å². The van der Waals surface area contributed by atoms with Crippen molar-refractivity contribution in [3.05, 3.63) is 12.2 Å². The molecule has 0 saturated carbocycles. The summed E-state index contributed by atoms with van der Waals surface area (Å²) >= 11 is 0. The lowest BCUT2D eigenvalue weighted by Gasteiger charge is -2.20. The van der Waals surface area contributed by atoms with Gasteiger partial charge in [0.2, 0.25) is 0 Å². The number of hydroxylamine groups is 2. The molecule has 0 rings (SSSR count). The second-order valence-electron chi connectivity index (χ2n) is 3.66. The van der Waals surface area contributed by atoms with E-state index in [-0.39, 0.29) is 5.97 Å². The highest BCUT2D eigenvalue weighted by Gasteiger charge is 2.12. The van der Waals surface area contributed by atoms with Crippen LogP contribution in [0.15, 0.2) is 12.2 Å². The lowest BCUT2D eigenvalue weighted by Crippen LogP contribution is -2.29. The van der Waals surface area contributed by atoms with Crippen molar-refractivity contribution in [2.75, 3.05) is 13.1 Å². The smallest absolute Gasteiger partial charge is 0.352 e. The van der Waals surface area contributed by atoms with Crippen molar-refractivity contribution in [1.82, 2.24) is 5.06 Å². The van der Waals surface area contributed by atoms with Gasteiger partial charge in [0.15, 0.2) is 0 Å². The maximum absolute atomic E-state index is 11.5. The van der Waals surface area contributed by atoms with Crippen molar-refractivity contribution < 1.29 is 9.63 Å². The molecule has 0 bridgehead atoms. The van der Waals surface area contributed by atoms with Crippen LogP contribution in [0.4, 0.5) is 0 Å². The van der Waals surface area contributed by atoms with Gasteiger partial charge in [0, 0.05) is 18.7 Å². The Bertz CT molecular complexity index is 196. The molecule has 0 heterocycles. The Kier molecular flexibility index (Phi) is 8.01. The molecule has 0 unspecified atom stereocenters. The van der Waals surface area contributed by atoms with Crippen LogP contribution in [0.2, 0.25) is 0 Å². The van der Waals surface area contributed by atoms with Crippen LogP contribution in [0, 0.1) is 0 Å². The number of rotatable bonds is 8. The zero-order chi connectivity index (χ0) is 11.7. The van der Waals surface area contributed by atoms with Crippen molar-refractivity contribution in [2.45, 2.75) is 46.5 Å². The molecule has 0 fully saturated rings. The molecular weight excluding hydrogens is 190 g/mol. The first-order valence-electron chi connectivity index (χ1n) is 5.80. The number of carbonyl (C=O) groups excluding carboxylic acids is 1. The third kappa shape index (κ3) is 6.28. The number of nitrogens with zero attached hydrogens (tertiary/aromatic N) is 1. The normalized spacial score (nSPS) is 10.4. The molecule has 0 spiro atoms. The molecule has 0 amide bonds. The monoisotopic (exact) mass is 213 g/mol. The predicted octanol–water partition coefficient (Wildman–Crippen LogP) is 2.92. The summed E-state index contributed by atoms with van der Waals surface area (Å²) in [5.41, 5.74) is 0.565. The van der Waals surface area contributed by atoms with E-state index >= 15 is 0 Å². The first-order chi connectivity index (χ1) is 7.15. The fourth-order valence-electron chi connectivity index (χ4n) is 1.29. The second kappa shape index (κ2) is 8.48. The molecule has 0 aromatic heterocycles. The van der Waals surface area contributed by atoms with Crippen LogP contribution in [0.3, 0.4) is 0 Å². The third-order valence-corrected chi connectivity index (χ3v) is 2.00. The second-order valence-corrected chi connectivity index (χ2v) is 3.66. The summed E-state index contributed by atoms with van der Waals surface area (Å²) in [4.78, 5) is 16.8. The minimum Gasteiger partial charge on any atom is -0.364 e. The van der Waals surface area contributed by atoms with E-state index in [9.17, 15) is 4.79 Å². The molecular formula is C12H23NO2. The van der Waals surface area contributed by atoms with Crippen LogP contribution in [-0.2, 0) is 9.63 Å². The van der Waals surface area contributed by atoms with Crippen LogP contribution in [0.5, 0.6) is 0 Å². The number of carbonyl (C=O) groups is 1. The SMILES string of the molecule is C=C(CCC)C(=O)ON(CCC)CCC. The van der Waals surface area contributed by atoms with E-state index in [1.807, 2.05) is 6.92 Å². The molecule has 3 nitrogen and oxygen atoms in total. The van der Waals surface area contributed by atoms with Gasteiger partial charge in [-0.05, 0) is 19.3 Å². The maximum atomic E-state index is 11.5. The Morgan fingerprint density at radius 1 is 1.13 bits per heavy atom. The van der Waals surface area contributed by atoms with Gasteiger partial charge in [-0.3, -0.25) is 0 Å². The minimum atomic E-state index is -0.279. The van der Waals surface area contributed by atoms with E-state index in [0.717, 1.165) is 32.4 Å². The highest BCUT2D eigenvalue weighted by molar-refractivity contribution is 5.87. The molecule has 0 aliphatic heterocycles. The molecule has 0 N–H and O–H groups in total. The average Bonchev–Trinajstić information content (AvgIpc) is 2.18. The Labute approximate surface area is 93.1 Å². The largest absolute Gasteiger partial charge is 0.364 e. The van der Waals surface area contributed by atoms with Gasteiger partial charge in [-0.25, -0.2) is 4.79 Å². The van der Waals surface area contributed by atoms with E-state index in [2.05, 4.69) is 20.4 Å². The van der Waals surface area contributed by atoms with Crippen molar-refractivity contribution in [3.8, 4) is 0 Å². The molecule has 0 radical (unpaired) electrons. The quantitative estimate of drug-likeness (QED) is 0.458. The van der Waals surface area contributed by atoms with Gasteiger partial charge in [-0.1, -0.05) is 33.8 Å². The van der Waals surface area contributed by atoms with Crippen LogP contribution in [0.1, 0.15) is 46.5 Å². The van der Waals surface area contributed by atoms with E-state index in [0.29, 0.717) is 12.0 Å². The average molecular weight is 213 g/mol. The first-order valence-corrected chi connectivity index (χ1v) is 5.80. The molecule has 0 aliphatic rings. The zero-order valence-electron chi connectivity index (χ0n) is 10.2. The van der Waals surface area contributed by atoms with Gasteiger partial charge in [-0.2, -0.15) is 0 Å². The fourth-order valence-corrected chi connectivity index (χ4v) is 1.29. The van der Waals surface area contributed by atoms with Gasteiger partial charge in [0.25, 0.3) is 0 Å². The third-order valence-electron chi connectivity index (χ3n) is 2.00. The molecule has 0 aliphatic carbocycles. The van der Waals surface area contributed by atoms with Gasteiger partial charge in [-0.15, -0.1) is 5.06 Å². The summed E-state index contributed by atoms with van der Waals surface area (Å²) in [6.07, 6.45) is 3.60. The molecule has 15 heavy (non-hydrogen) atoms. The first kappa shape index (κ1) is 14.2. The number of hydrogen-bond donors (Lipinski definition) is 0.